The fourth-order valence-corrected chi connectivity index (χ4v) is 5.31. The Morgan fingerprint density at radius 1 is 1.21 bits per heavy atom. The van der Waals surface area contributed by atoms with E-state index in [4.69, 9.17) is 4.74 Å². The van der Waals surface area contributed by atoms with Crippen LogP contribution in [-0.4, -0.2) is 36.1 Å². The number of rotatable bonds is 6. The van der Waals surface area contributed by atoms with E-state index in [2.05, 4.69) is 15.6 Å². The first-order valence-electron chi connectivity index (χ1n) is 9.78. The first-order chi connectivity index (χ1) is 13.6. The number of esters is 1. The Kier molecular flexibility index (Phi) is 7.27. The summed E-state index contributed by atoms with van der Waals surface area (Å²) in [5.74, 6) is 0.120. The maximum atomic E-state index is 12.6. The van der Waals surface area contributed by atoms with E-state index in [9.17, 15) is 9.59 Å². The van der Waals surface area contributed by atoms with E-state index in [0.29, 0.717) is 29.6 Å². The van der Waals surface area contributed by atoms with Crippen LogP contribution in [0.5, 0.6) is 0 Å². The molecule has 2 bridgehead atoms. The van der Waals surface area contributed by atoms with Crippen LogP contribution in [-0.2, 0) is 20.7 Å². The van der Waals surface area contributed by atoms with Gasteiger partial charge in [-0.3, -0.25) is 9.59 Å². The van der Waals surface area contributed by atoms with Crippen molar-refractivity contribution in [1.82, 2.24) is 10.3 Å². The summed E-state index contributed by atoms with van der Waals surface area (Å²) < 4.78 is 4.81. The molecule has 1 amide bonds. The minimum Gasteiger partial charge on any atom is -0.469 e. The molecule has 2 atom stereocenters. The Labute approximate surface area is 180 Å². The number of halogens is 1. The zero-order chi connectivity index (χ0) is 19.5. The number of amides is 1. The topological polar surface area (TPSA) is 80.3 Å². The summed E-state index contributed by atoms with van der Waals surface area (Å²) in [5, 5.41) is 7.11. The number of hydrogen-bond acceptors (Lipinski definition) is 6. The number of nitrogens with one attached hydrogen (secondary N) is 2. The van der Waals surface area contributed by atoms with Crippen LogP contribution in [0.2, 0.25) is 0 Å². The minimum absolute atomic E-state index is 0. The largest absolute Gasteiger partial charge is 0.469 e. The lowest BCUT2D eigenvalue weighted by Gasteiger charge is -2.28. The molecule has 0 saturated carbocycles. The highest BCUT2D eigenvalue weighted by atomic mass is 35.5. The van der Waals surface area contributed by atoms with Gasteiger partial charge in [-0.1, -0.05) is 30.3 Å². The lowest BCUT2D eigenvalue weighted by Crippen LogP contribution is -2.39. The van der Waals surface area contributed by atoms with Crippen LogP contribution in [0.15, 0.2) is 30.3 Å². The Morgan fingerprint density at radius 3 is 2.55 bits per heavy atom. The van der Waals surface area contributed by atoms with E-state index in [0.717, 1.165) is 29.0 Å². The molecule has 8 heteroatoms. The summed E-state index contributed by atoms with van der Waals surface area (Å²) in [4.78, 5) is 29.8. The number of nitrogens with zero attached hydrogens (tertiary/aromatic N) is 1. The second-order valence-electron chi connectivity index (χ2n) is 7.64. The molecule has 4 rings (SSSR count). The molecular weight excluding hydrogens is 410 g/mol. The fraction of sp³-hybridized carbons (Fsp3) is 0.476. The van der Waals surface area contributed by atoms with Crippen molar-refractivity contribution in [2.75, 3.05) is 12.4 Å². The molecule has 2 N–H and O–H groups in total. The van der Waals surface area contributed by atoms with E-state index >= 15 is 0 Å². The Balaban J connectivity index is 0.00000240. The smallest absolute Gasteiger partial charge is 0.310 e. The van der Waals surface area contributed by atoms with Gasteiger partial charge < -0.3 is 15.4 Å². The van der Waals surface area contributed by atoms with Gasteiger partial charge in [0, 0.05) is 28.9 Å². The zero-order valence-corrected chi connectivity index (χ0v) is 18.0. The van der Waals surface area contributed by atoms with Gasteiger partial charge in [0.2, 0.25) is 5.91 Å². The molecule has 6 nitrogen and oxygen atoms in total. The third kappa shape index (κ3) is 5.35. The molecule has 0 spiro atoms. The van der Waals surface area contributed by atoms with E-state index in [1.807, 2.05) is 30.3 Å². The first-order valence-corrected chi connectivity index (χ1v) is 10.6. The molecular formula is C21H26ClN3O3S. The Hall–Kier alpha value is -1.96. The highest BCUT2D eigenvalue weighted by molar-refractivity contribution is 7.16. The summed E-state index contributed by atoms with van der Waals surface area (Å²) >= 11 is 1.35. The number of aromatic nitrogens is 1. The van der Waals surface area contributed by atoms with E-state index < -0.39 is 0 Å². The first kappa shape index (κ1) is 21.7. The van der Waals surface area contributed by atoms with Crippen molar-refractivity contribution in [3.8, 4) is 11.3 Å². The highest BCUT2D eigenvalue weighted by Crippen LogP contribution is 2.34. The van der Waals surface area contributed by atoms with Gasteiger partial charge in [0.25, 0.3) is 0 Å². The SMILES string of the molecule is COC(=O)Cc1sc(NC(=O)CC2CC3CCC(C2)N3)nc1-c1ccccc1.Cl. The van der Waals surface area contributed by atoms with Gasteiger partial charge in [0.1, 0.15) is 0 Å². The molecule has 2 saturated heterocycles. The number of hydrogen-bond donors (Lipinski definition) is 2. The van der Waals surface area contributed by atoms with Crippen molar-refractivity contribution in [2.24, 2.45) is 5.92 Å². The maximum absolute atomic E-state index is 12.6. The number of methoxy groups -OCH3 is 1. The average Bonchev–Trinajstić information content (AvgIpc) is 3.24. The molecule has 0 aliphatic carbocycles. The molecule has 29 heavy (non-hydrogen) atoms. The van der Waals surface area contributed by atoms with Crippen LogP contribution < -0.4 is 10.6 Å². The van der Waals surface area contributed by atoms with E-state index in [1.54, 1.807) is 0 Å². The molecule has 2 aromatic rings. The number of carbonyl (C=O) groups is 2. The number of ether oxygens (including phenoxy) is 1. The van der Waals surface area contributed by atoms with Crippen molar-refractivity contribution in [3.63, 3.8) is 0 Å². The third-order valence-corrected chi connectivity index (χ3v) is 6.54. The zero-order valence-electron chi connectivity index (χ0n) is 16.3. The van der Waals surface area contributed by atoms with Crippen LogP contribution >= 0.6 is 23.7 Å². The minimum atomic E-state index is -0.316. The van der Waals surface area contributed by atoms with Crippen molar-refractivity contribution in [3.05, 3.63) is 35.2 Å². The molecule has 2 unspecified atom stereocenters. The number of thiazole rings is 1. The van der Waals surface area contributed by atoms with Crippen molar-refractivity contribution < 1.29 is 14.3 Å². The molecule has 0 radical (unpaired) electrons. The van der Waals surface area contributed by atoms with Gasteiger partial charge in [-0.25, -0.2) is 4.98 Å². The number of fused-ring (bicyclic) bond motifs is 2. The quantitative estimate of drug-likeness (QED) is 0.674. The van der Waals surface area contributed by atoms with Crippen molar-refractivity contribution >= 4 is 40.8 Å². The second-order valence-corrected chi connectivity index (χ2v) is 8.72. The summed E-state index contributed by atoms with van der Waals surface area (Å²) in [5.41, 5.74) is 1.65. The van der Waals surface area contributed by atoms with Gasteiger partial charge in [0.05, 0.1) is 19.2 Å². The van der Waals surface area contributed by atoms with Gasteiger partial charge in [-0.2, -0.15) is 0 Å². The van der Waals surface area contributed by atoms with Gasteiger partial charge in [0.15, 0.2) is 5.13 Å². The number of benzene rings is 1. The molecule has 156 valence electrons. The Morgan fingerprint density at radius 2 is 1.90 bits per heavy atom. The van der Waals surface area contributed by atoms with E-state index in [-0.39, 0.29) is 30.7 Å². The number of carbonyl (C=O) groups excluding carboxylic acids is 2. The fourth-order valence-electron chi connectivity index (χ4n) is 4.32. The maximum Gasteiger partial charge on any atom is 0.310 e. The molecule has 1 aromatic heterocycles. The van der Waals surface area contributed by atoms with Crippen LogP contribution in [0.3, 0.4) is 0 Å². The van der Waals surface area contributed by atoms with Gasteiger partial charge in [-0.05, 0) is 31.6 Å². The van der Waals surface area contributed by atoms with Crippen molar-refractivity contribution in [2.45, 2.75) is 50.6 Å². The predicted molar refractivity (Wildman–Crippen MR) is 116 cm³/mol. The second kappa shape index (κ2) is 9.69. The summed E-state index contributed by atoms with van der Waals surface area (Å²) in [6.07, 6.45) is 5.28. The third-order valence-electron chi connectivity index (χ3n) is 5.57. The van der Waals surface area contributed by atoms with Crippen LogP contribution in [0.1, 0.15) is 37.0 Å². The monoisotopic (exact) mass is 435 g/mol. The molecule has 2 aliphatic heterocycles. The standard InChI is InChI=1S/C21H25N3O3S.ClH/c1-27-19(26)12-17-20(14-5-3-2-4-6-14)24-21(28-17)23-18(25)11-13-9-15-7-8-16(10-13)22-15;/h2-6,13,15-16,22H,7-12H2,1H3,(H,23,24,25);1H. The van der Waals surface area contributed by atoms with Crippen LogP contribution in [0.25, 0.3) is 11.3 Å². The number of piperidine rings is 1. The molecule has 1 aromatic carbocycles. The number of anilines is 1. The average molecular weight is 436 g/mol. The van der Waals surface area contributed by atoms with Crippen molar-refractivity contribution in [1.29, 1.82) is 0 Å². The summed E-state index contributed by atoms with van der Waals surface area (Å²) in [7, 11) is 1.38. The lowest BCUT2D eigenvalue weighted by atomic mass is 9.89. The molecule has 3 heterocycles. The van der Waals surface area contributed by atoms with Crippen LogP contribution in [0.4, 0.5) is 5.13 Å². The Bertz CT molecular complexity index is 846. The lowest BCUT2D eigenvalue weighted by molar-refractivity contribution is -0.139. The summed E-state index contributed by atoms with van der Waals surface area (Å²) in [6, 6.07) is 10.9. The van der Waals surface area contributed by atoms with Gasteiger partial charge in [-0.15, -0.1) is 23.7 Å². The summed E-state index contributed by atoms with van der Waals surface area (Å²) in [6.45, 7) is 0. The van der Waals surface area contributed by atoms with E-state index in [1.165, 1.54) is 31.3 Å². The molecule has 2 aliphatic rings. The predicted octanol–water partition coefficient (Wildman–Crippen LogP) is 3.81. The molecule has 2 fully saturated rings. The van der Waals surface area contributed by atoms with Crippen LogP contribution in [0, 0.1) is 5.92 Å². The highest BCUT2D eigenvalue weighted by Gasteiger charge is 2.34. The normalized spacial score (nSPS) is 22.6. The van der Waals surface area contributed by atoms with Gasteiger partial charge >= 0.3 is 5.97 Å².